The van der Waals surface area contributed by atoms with E-state index < -0.39 is 19.6 Å². The second-order valence-electron chi connectivity index (χ2n) is 12.0. The smallest absolute Gasteiger partial charge is 0.253 e. The fraction of sp³-hybridized carbons (Fsp3) is 0.294. The molecule has 3 aromatic carbocycles. The average Bonchev–Trinajstić information content (AvgIpc) is 3.48. The molecule has 0 fully saturated rings. The molecule has 44 heavy (non-hydrogen) atoms. The predicted molar refractivity (Wildman–Crippen MR) is 173 cm³/mol. The van der Waals surface area contributed by atoms with E-state index in [1.165, 1.54) is 11.0 Å². The van der Waals surface area contributed by atoms with Crippen molar-refractivity contribution in [2.75, 3.05) is 6.61 Å². The maximum Gasteiger partial charge on any atom is 0.253 e. The Balaban J connectivity index is 1.45. The van der Waals surface area contributed by atoms with Crippen LogP contribution in [0.1, 0.15) is 22.6 Å². The number of hydrogen-bond donors (Lipinski definition) is 1. The van der Waals surface area contributed by atoms with Gasteiger partial charge in [-0.1, -0.05) is 111 Å². The second-order valence-corrected chi connectivity index (χ2v) is 17.6. The molecule has 0 aliphatic rings. The maximum atomic E-state index is 13.7. The lowest BCUT2D eigenvalue weighted by Gasteiger charge is -2.24. The first kappa shape index (κ1) is 31.1. The standard InChI is InChI=1S/C34H39N5O4Si/c1-44(2,3)20-19-42-25-38-22-30(43-23-26-13-7-4-8-14-26)33(41)32(37-38)34-35-24-36-39(34)21-29(40)31(27-15-9-5-10-16-27)28-17-11-6-12-18-28/h4-18,22,24,29,31,40H,19-21,23,25H2,1-3H3. The summed E-state index contributed by atoms with van der Waals surface area (Å²) in [5, 5.41) is 20.6. The number of aromatic nitrogens is 5. The Bertz CT molecular complexity index is 1630. The van der Waals surface area contributed by atoms with Crippen molar-refractivity contribution in [1.29, 1.82) is 0 Å². The zero-order chi connectivity index (χ0) is 30.9. The molecule has 228 valence electrons. The lowest BCUT2D eigenvalue weighted by atomic mass is 9.86. The first-order chi connectivity index (χ1) is 21.3. The van der Waals surface area contributed by atoms with E-state index in [9.17, 15) is 9.90 Å². The Morgan fingerprint density at radius 1 is 0.886 bits per heavy atom. The van der Waals surface area contributed by atoms with Gasteiger partial charge < -0.3 is 14.6 Å². The lowest BCUT2D eigenvalue weighted by molar-refractivity contribution is 0.0766. The molecule has 0 radical (unpaired) electrons. The van der Waals surface area contributed by atoms with Crippen molar-refractivity contribution >= 4 is 8.07 Å². The van der Waals surface area contributed by atoms with Gasteiger partial charge in [0.25, 0.3) is 5.43 Å². The highest BCUT2D eigenvalue weighted by atomic mass is 28.3. The first-order valence-corrected chi connectivity index (χ1v) is 18.5. The maximum absolute atomic E-state index is 13.7. The van der Waals surface area contributed by atoms with Gasteiger partial charge in [0.2, 0.25) is 0 Å². The van der Waals surface area contributed by atoms with Crippen LogP contribution in [-0.4, -0.2) is 50.4 Å². The van der Waals surface area contributed by atoms with E-state index in [1.807, 2.05) is 91.0 Å². The van der Waals surface area contributed by atoms with Crippen LogP contribution in [0, 0.1) is 0 Å². The molecule has 9 nitrogen and oxygen atoms in total. The Labute approximate surface area is 258 Å². The van der Waals surface area contributed by atoms with Crippen molar-refractivity contribution in [1.82, 2.24) is 24.5 Å². The van der Waals surface area contributed by atoms with Crippen LogP contribution in [0.4, 0.5) is 0 Å². The third-order valence-corrected chi connectivity index (χ3v) is 8.98. The summed E-state index contributed by atoms with van der Waals surface area (Å²) in [5.41, 5.74) is 2.54. The highest BCUT2D eigenvalue weighted by Crippen LogP contribution is 2.29. The monoisotopic (exact) mass is 609 g/mol. The Hall–Kier alpha value is -4.38. The number of hydrogen-bond acceptors (Lipinski definition) is 7. The van der Waals surface area contributed by atoms with Crippen molar-refractivity contribution in [3.63, 3.8) is 0 Å². The van der Waals surface area contributed by atoms with Crippen LogP contribution in [0.15, 0.2) is 108 Å². The van der Waals surface area contributed by atoms with Crippen LogP contribution in [0.2, 0.25) is 25.7 Å². The number of aliphatic hydroxyl groups is 1. The van der Waals surface area contributed by atoms with E-state index >= 15 is 0 Å². The van der Waals surface area contributed by atoms with Crippen molar-refractivity contribution in [3.05, 3.63) is 130 Å². The van der Waals surface area contributed by atoms with Gasteiger partial charge in [-0.15, -0.1) is 0 Å². The van der Waals surface area contributed by atoms with E-state index in [1.54, 1.807) is 10.9 Å². The fourth-order valence-electron chi connectivity index (χ4n) is 4.92. The molecule has 0 aliphatic heterocycles. The van der Waals surface area contributed by atoms with Crippen LogP contribution in [-0.2, 0) is 24.6 Å². The van der Waals surface area contributed by atoms with Gasteiger partial charge in [-0.3, -0.25) is 4.79 Å². The zero-order valence-electron chi connectivity index (χ0n) is 25.4. The summed E-state index contributed by atoms with van der Waals surface area (Å²) in [6, 6.07) is 30.4. The molecule has 1 unspecified atom stereocenters. The van der Waals surface area contributed by atoms with Crippen LogP contribution in [0.25, 0.3) is 11.5 Å². The van der Waals surface area contributed by atoms with Gasteiger partial charge in [-0.25, -0.2) is 14.3 Å². The third-order valence-electron chi connectivity index (χ3n) is 7.28. The average molecular weight is 610 g/mol. The number of ether oxygens (including phenoxy) is 2. The van der Waals surface area contributed by atoms with Crippen LogP contribution < -0.4 is 10.2 Å². The molecule has 10 heteroatoms. The molecule has 5 aromatic rings. The van der Waals surface area contributed by atoms with Crippen molar-refractivity contribution in [3.8, 4) is 17.3 Å². The van der Waals surface area contributed by atoms with Crippen molar-refractivity contribution in [2.24, 2.45) is 0 Å². The van der Waals surface area contributed by atoms with Crippen molar-refractivity contribution in [2.45, 2.75) is 57.6 Å². The summed E-state index contributed by atoms with van der Waals surface area (Å²) in [5.74, 6) is 0.0588. The first-order valence-electron chi connectivity index (χ1n) is 14.8. The minimum Gasteiger partial charge on any atom is -0.483 e. The lowest BCUT2D eigenvalue weighted by Crippen LogP contribution is -2.27. The van der Waals surface area contributed by atoms with Gasteiger partial charge in [0.05, 0.1) is 18.8 Å². The molecule has 2 heterocycles. The van der Waals surface area contributed by atoms with Crippen molar-refractivity contribution < 1.29 is 14.6 Å². The topological polar surface area (TPSA) is 104 Å². The van der Waals surface area contributed by atoms with Gasteiger partial charge in [-0.05, 0) is 22.7 Å². The number of rotatable bonds is 14. The Morgan fingerprint density at radius 2 is 1.50 bits per heavy atom. The van der Waals surface area contributed by atoms with Gasteiger partial charge in [0.1, 0.15) is 19.7 Å². The van der Waals surface area contributed by atoms with Crippen LogP contribution in [0.5, 0.6) is 5.75 Å². The van der Waals surface area contributed by atoms with E-state index in [2.05, 4.69) is 34.8 Å². The number of nitrogens with zero attached hydrogens (tertiary/aromatic N) is 5. The van der Waals surface area contributed by atoms with Crippen LogP contribution in [0.3, 0.4) is 0 Å². The highest BCUT2D eigenvalue weighted by Gasteiger charge is 2.26. The molecule has 0 saturated heterocycles. The molecule has 1 N–H and O–H groups in total. The second kappa shape index (κ2) is 14.4. The molecular formula is C34H39N5O4Si. The summed E-state index contributed by atoms with van der Waals surface area (Å²) in [7, 11) is -1.28. The number of aliphatic hydroxyl groups excluding tert-OH is 1. The summed E-state index contributed by atoms with van der Waals surface area (Å²) >= 11 is 0. The predicted octanol–water partition coefficient (Wildman–Crippen LogP) is 5.59. The van der Waals surface area contributed by atoms with Gasteiger partial charge in [0, 0.05) is 20.6 Å². The zero-order valence-corrected chi connectivity index (χ0v) is 26.4. The molecule has 2 aromatic heterocycles. The minimum absolute atomic E-state index is 0.0741. The summed E-state index contributed by atoms with van der Waals surface area (Å²) in [4.78, 5) is 18.1. The molecule has 0 spiro atoms. The summed E-state index contributed by atoms with van der Waals surface area (Å²) in [6.07, 6.45) is 2.07. The van der Waals surface area contributed by atoms with Gasteiger partial charge >= 0.3 is 0 Å². The quantitative estimate of drug-likeness (QED) is 0.129. The van der Waals surface area contributed by atoms with E-state index in [-0.39, 0.29) is 43.1 Å². The van der Waals surface area contributed by atoms with E-state index in [0.29, 0.717) is 6.61 Å². The fourth-order valence-corrected chi connectivity index (χ4v) is 5.68. The molecule has 5 rings (SSSR count). The highest BCUT2D eigenvalue weighted by molar-refractivity contribution is 6.76. The van der Waals surface area contributed by atoms with E-state index in [4.69, 9.17) is 9.47 Å². The van der Waals surface area contributed by atoms with Gasteiger partial charge in [0.15, 0.2) is 17.3 Å². The molecule has 0 amide bonds. The van der Waals surface area contributed by atoms with Crippen LogP contribution >= 0.6 is 0 Å². The summed E-state index contributed by atoms with van der Waals surface area (Å²) < 4.78 is 15.0. The molecule has 1 atom stereocenters. The summed E-state index contributed by atoms with van der Waals surface area (Å²) in [6.45, 7) is 7.95. The minimum atomic E-state index is -1.28. The molecule has 0 aliphatic carbocycles. The SMILES string of the molecule is C[Si](C)(C)CCOCn1cc(OCc2ccccc2)c(=O)c(-c2ncnn2CC(O)C(c2ccccc2)c2ccccc2)n1. The number of benzene rings is 3. The normalized spacial score (nSPS) is 12.4. The molecular weight excluding hydrogens is 570 g/mol. The third kappa shape index (κ3) is 8.16. The van der Waals surface area contributed by atoms with E-state index in [0.717, 1.165) is 22.7 Å². The Morgan fingerprint density at radius 3 is 2.11 bits per heavy atom. The molecule has 0 bridgehead atoms. The largest absolute Gasteiger partial charge is 0.483 e. The molecule has 0 saturated carbocycles. The Kier molecular flexibility index (Phi) is 10.2. The van der Waals surface area contributed by atoms with Gasteiger partial charge in [-0.2, -0.15) is 10.2 Å².